The van der Waals surface area contributed by atoms with Crippen LogP contribution in [0, 0.1) is 6.92 Å². The second-order valence-electron chi connectivity index (χ2n) is 4.76. The Bertz CT molecular complexity index is 768. The molecule has 0 unspecified atom stereocenters. The molecule has 3 rings (SSSR count). The number of hydrogen-bond acceptors (Lipinski definition) is 3. The lowest BCUT2D eigenvalue weighted by Crippen LogP contribution is -2.16. The lowest BCUT2D eigenvalue weighted by atomic mass is 10.2. The minimum absolute atomic E-state index is 0.247. The fourth-order valence-corrected chi connectivity index (χ4v) is 1.97. The van der Waals surface area contributed by atoms with E-state index in [9.17, 15) is 4.79 Å². The molecule has 0 radical (unpaired) electrons. The van der Waals surface area contributed by atoms with Crippen molar-refractivity contribution in [3.05, 3.63) is 71.5 Å². The predicted molar refractivity (Wildman–Crippen MR) is 82.5 cm³/mol. The molecule has 1 heterocycles. The van der Waals surface area contributed by atoms with Crippen molar-refractivity contribution in [2.24, 2.45) is 5.10 Å². The summed E-state index contributed by atoms with van der Waals surface area (Å²) in [5.41, 5.74) is 5.25. The summed E-state index contributed by atoms with van der Waals surface area (Å²) < 4.78 is 5.46. The van der Waals surface area contributed by atoms with E-state index in [1.165, 1.54) is 5.56 Å². The molecular weight excluding hydrogens is 264 g/mol. The van der Waals surface area contributed by atoms with E-state index in [1.54, 1.807) is 12.3 Å². The Kier molecular flexibility index (Phi) is 3.51. The summed E-state index contributed by atoms with van der Waals surface area (Å²) in [6.07, 6.45) is 1.60. The smallest absolute Gasteiger partial charge is 0.307 e. The maximum absolute atomic E-state index is 11.9. The van der Waals surface area contributed by atoms with Crippen molar-refractivity contribution >= 4 is 23.1 Å². The van der Waals surface area contributed by atoms with E-state index in [1.807, 2.05) is 55.5 Å². The van der Waals surface area contributed by atoms with Crippen molar-refractivity contribution in [3.63, 3.8) is 0 Å². The molecule has 0 saturated heterocycles. The average molecular weight is 278 g/mol. The van der Waals surface area contributed by atoms with Gasteiger partial charge in [-0.1, -0.05) is 48.0 Å². The van der Waals surface area contributed by atoms with Crippen LogP contribution in [0.15, 0.2) is 64.1 Å². The SMILES string of the molecule is Cc1ccc(/C=N/NC(=O)c2cc3ccccc3o2)cc1. The lowest BCUT2D eigenvalue weighted by Gasteiger charge is -1.96. The van der Waals surface area contributed by atoms with E-state index in [0.29, 0.717) is 5.58 Å². The number of nitrogens with zero attached hydrogens (tertiary/aromatic N) is 1. The summed E-state index contributed by atoms with van der Waals surface area (Å²) in [7, 11) is 0. The van der Waals surface area contributed by atoms with Gasteiger partial charge >= 0.3 is 5.91 Å². The van der Waals surface area contributed by atoms with Crippen molar-refractivity contribution in [1.29, 1.82) is 0 Å². The van der Waals surface area contributed by atoms with E-state index in [-0.39, 0.29) is 11.7 Å². The number of furan rings is 1. The third kappa shape index (κ3) is 3.00. The van der Waals surface area contributed by atoms with Crippen LogP contribution in [-0.2, 0) is 0 Å². The Hall–Kier alpha value is -2.88. The minimum atomic E-state index is -0.366. The van der Waals surface area contributed by atoms with Crippen molar-refractivity contribution in [3.8, 4) is 0 Å². The predicted octanol–water partition coefficient (Wildman–Crippen LogP) is 3.51. The number of benzene rings is 2. The second kappa shape index (κ2) is 5.63. The van der Waals surface area contributed by atoms with Gasteiger partial charge in [0, 0.05) is 5.39 Å². The first kappa shape index (κ1) is 13.1. The zero-order valence-electron chi connectivity index (χ0n) is 11.5. The molecule has 0 aliphatic rings. The molecule has 0 atom stereocenters. The first-order valence-electron chi connectivity index (χ1n) is 6.61. The highest BCUT2D eigenvalue weighted by Crippen LogP contribution is 2.18. The van der Waals surface area contributed by atoms with Crippen LogP contribution < -0.4 is 5.43 Å². The quantitative estimate of drug-likeness (QED) is 0.589. The first-order chi connectivity index (χ1) is 10.2. The van der Waals surface area contributed by atoms with E-state index in [2.05, 4.69) is 10.5 Å². The summed E-state index contributed by atoms with van der Waals surface area (Å²) in [5, 5.41) is 4.83. The van der Waals surface area contributed by atoms with E-state index in [0.717, 1.165) is 10.9 Å². The molecule has 0 bridgehead atoms. The second-order valence-corrected chi connectivity index (χ2v) is 4.76. The Balaban J connectivity index is 1.70. The van der Waals surface area contributed by atoms with Gasteiger partial charge in [-0.15, -0.1) is 0 Å². The summed E-state index contributed by atoms with van der Waals surface area (Å²) in [6.45, 7) is 2.02. The van der Waals surface area contributed by atoms with Crippen LogP contribution in [0.1, 0.15) is 21.7 Å². The molecule has 1 N–H and O–H groups in total. The number of rotatable bonds is 3. The van der Waals surface area contributed by atoms with Gasteiger partial charge in [0.05, 0.1) is 6.21 Å². The first-order valence-corrected chi connectivity index (χ1v) is 6.61. The summed E-state index contributed by atoms with van der Waals surface area (Å²) in [4.78, 5) is 11.9. The third-order valence-electron chi connectivity index (χ3n) is 3.11. The molecule has 3 aromatic rings. The van der Waals surface area contributed by atoms with E-state index in [4.69, 9.17) is 4.42 Å². The van der Waals surface area contributed by atoms with Gasteiger partial charge in [0.1, 0.15) is 5.58 Å². The number of fused-ring (bicyclic) bond motifs is 1. The average Bonchev–Trinajstić information content (AvgIpc) is 2.93. The fraction of sp³-hybridized carbons (Fsp3) is 0.0588. The van der Waals surface area contributed by atoms with Gasteiger partial charge in [-0.3, -0.25) is 4.79 Å². The fourth-order valence-electron chi connectivity index (χ4n) is 1.97. The number of aryl methyl sites for hydroxylation is 1. The zero-order chi connectivity index (χ0) is 14.7. The molecule has 2 aromatic carbocycles. The normalized spacial score (nSPS) is 11.1. The number of para-hydroxylation sites is 1. The Morgan fingerprint density at radius 1 is 1.14 bits per heavy atom. The molecule has 1 amide bonds. The van der Waals surface area contributed by atoms with Crippen LogP contribution in [0.4, 0.5) is 0 Å². The molecule has 0 fully saturated rings. The zero-order valence-corrected chi connectivity index (χ0v) is 11.5. The van der Waals surface area contributed by atoms with Gasteiger partial charge in [0.25, 0.3) is 0 Å². The molecule has 4 heteroatoms. The van der Waals surface area contributed by atoms with Crippen molar-refractivity contribution in [1.82, 2.24) is 5.43 Å². The third-order valence-corrected chi connectivity index (χ3v) is 3.11. The highest BCUT2D eigenvalue weighted by Gasteiger charge is 2.10. The maximum atomic E-state index is 11.9. The van der Waals surface area contributed by atoms with Crippen molar-refractivity contribution in [2.75, 3.05) is 0 Å². The van der Waals surface area contributed by atoms with Crippen LogP contribution in [-0.4, -0.2) is 12.1 Å². The molecule has 0 saturated carbocycles. The summed E-state index contributed by atoms with van der Waals surface area (Å²) in [5.74, 6) is -0.119. The number of carbonyl (C=O) groups is 1. The maximum Gasteiger partial charge on any atom is 0.307 e. The molecule has 1 aromatic heterocycles. The van der Waals surface area contributed by atoms with E-state index < -0.39 is 0 Å². The molecular formula is C17H14N2O2. The topological polar surface area (TPSA) is 54.6 Å². The van der Waals surface area contributed by atoms with E-state index >= 15 is 0 Å². The summed E-state index contributed by atoms with van der Waals surface area (Å²) >= 11 is 0. The van der Waals surface area contributed by atoms with Crippen LogP contribution >= 0.6 is 0 Å². The Labute approximate surface area is 122 Å². The highest BCUT2D eigenvalue weighted by atomic mass is 16.3. The van der Waals surface area contributed by atoms with Gasteiger partial charge in [-0.05, 0) is 24.6 Å². The van der Waals surface area contributed by atoms with Crippen LogP contribution in [0.5, 0.6) is 0 Å². The molecule has 0 aliphatic heterocycles. The van der Waals surface area contributed by atoms with Crippen LogP contribution in [0.2, 0.25) is 0 Å². The number of nitrogens with one attached hydrogen (secondary N) is 1. The Morgan fingerprint density at radius 2 is 1.90 bits per heavy atom. The minimum Gasteiger partial charge on any atom is -0.451 e. The standard InChI is InChI=1S/C17H14N2O2/c1-12-6-8-13(9-7-12)11-18-19-17(20)16-10-14-4-2-3-5-15(14)21-16/h2-11H,1H3,(H,19,20)/b18-11+. The van der Waals surface area contributed by atoms with Gasteiger partial charge in [0.15, 0.2) is 5.76 Å². The lowest BCUT2D eigenvalue weighted by molar-refractivity contribution is 0.0929. The molecule has 4 nitrogen and oxygen atoms in total. The largest absolute Gasteiger partial charge is 0.451 e. The van der Waals surface area contributed by atoms with Crippen LogP contribution in [0.25, 0.3) is 11.0 Å². The summed E-state index contributed by atoms with van der Waals surface area (Å²) in [6, 6.07) is 17.0. The van der Waals surface area contributed by atoms with Crippen LogP contribution in [0.3, 0.4) is 0 Å². The molecule has 104 valence electrons. The number of carbonyl (C=O) groups excluding carboxylic acids is 1. The van der Waals surface area contributed by atoms with Crippen molar-refractivity contribution in [2.45, 2.75) is 6.92 Å². The van der Waals surface area contributed by atoms with Gasteiger partial charge in [-0.25, -0.2) is 5.43 Å². The van der Waals surface area contributed by atoms with Crippen molar-refractivity contribution < 1.29 is 9.21 Å². The molecule has 0 spiro atoms. The molecule has 21 heavy (non-hydrogen) atoms. The van der Waals surface area contributed by atoms with Gasteiger partial charge in [0.2, 0.25) is 0 Å². The monoisotopic (exact) mass is 278 g/mol. The number of amides is 1. The number of hydrogen-bond donors (Lipinski definition) is 1. The molecule has 0 aliphatic carbocycles. The number of hydrazone groups is 1. The van der Waals surface area contributed by atoms with Gasteiger partial charge in [-0.2, -0.15) is 5.10 Å². The highest BCUT2D eigenvalue weighted by molar-refractivity contribution is 5.96. The Morgan fingerprint density at radius 3 is 2.67 bits per heavy atom. The van der Waals surface area contributed by atoms with Gasteiger partial charge < -0.3 is 4.42 Å².